The van der Waals surface area contributed by atoms with Crippen LogP contribution < -0.4 is 5.32 Å². The molecule has 0 heterocycles. The smallest absolute Gasteiger partial charge is 0.412 e. The van der Waals surface area contributed by atoms with Crippen LogP contribution in [0.1, 0.15) is 47.5 Å². The van der Waals surface area contributed by atoms with Gasteiger partial charge >= 0.3 is 12.1 Å². The lowest BCUT2D eigenvalue weighted by Gasteiger charge is -2.41. The van der Waals surface area contributed by atoms with Gasteiger partial charge in [-0.25, -0.2) is 9.59 Å². The molecule has 0 atom stereocenters. The van der Waals surface area contributed by atoms with Crippen molar-refractivity contribution in [2.24, 2.45) is 11.3 Å². The van der Waals surface area contributed by atoms with Crippen molar-refractivity contribution in [1.29, 1.82) is 0 Å². The number of carbonyl (C=O) groups is 2. The maximum Gasteiger partial charge on any atom is 0.412 e. The van der Waals surface area contributed by atoms with E-state index < -0.39 is 17.7 Å². The molecule has 0 aromatic heterocycles. The van der Waals surface area contributed by atoms with Gasteiger partial charge in [-0.15, -0.1) is 0 Å². The molecule has 1 amide bonds. The fourth-order valence-electron chi connectivity index (χ4n) is 2.29. The molecule has 5 nitrogen and oxygen atoms in total. The quantitative estimate of drug-likeness (QED) is 0.772. The van der Waals surface area contributed by atoms with E-state index in [1.807, 2.05) is 0 Å². The molecule has 0 spiro atoms. The van der Waals surface area contributed by atoms with E-state index >= 15 is 0 Å². The van der Waals surface area contributed by atoms with Crippen LogP contribution in [0.25, 0.3) is 0 Å². The number of allylic oxidation sites excluding steroid dienone is 1. The van der Waals surface area contributed by atoms with Crippen LogP contribution in [-0.4, -0.2) is 22.8 Å². The van der Waals surface area contributed by atoms with E-state index in [1.54, 1.807) is 26.8 Å². The molecule has 5 heteroatoms. The Bertz CT molecular complexity index is 396. The standard InChI is InChI=1S/C14H23NO4/c1-13(2,3)19-12(18)15-10(11(16)17)6-9-7-14(4,5)8-9/h6,9H,7-8H2,1-5H3,(H,15,18)(H,16,17)/b10-6+. The topological polar surface area (TPSA) is 75.6 Å². The van der Waals surface area contributed by atoms with Crippen LogP contribution in [0.3, 0.4) is 0 Å². The summed E-state index contributed by atoms with van der Waals surface area (Å²) >= 11 is 0. The maximum atomic E-state index is 11.6. The van der Waals surface area contributed by atoms with Crippen LogP contribution in [-0.2, 0) is 9.53 Å². The Morgan fingerprint density at radius 2 is 1.84 bits per heavy atom. The summed E-state index contributed by atoms with van der Waals surface area (Å²) in [5, 5.41) is 11.4. The van der Waals surface area contributed by atoms with Crippen molar-refractivity contribution in [1.82, 2.24) is 5.32 Å². The van der Waals surface area contributed by atoms with Crippen molar-refractivity contribution >= 4 is 12.1 Å². The number of hydrogen-bond acceptors (Lipinski definition) is 3. The van der Waals surface area contributed by atoms with Crippen molar-refractivity contribution in [2.75, 3.05) is 0 Å². The first-order valence-corrected chi connectivity index (χ1v) is 6.44. The van der Waals surface area contributed by atoms with Gasteiger partial charge in [0.15, 0.2) is 0 Å². The van der Waals surface area contributed by atoms with Crippen molar-refractivity contribution in [2.45, 2.75) is 53.1 Å². The van der Waals surface area contributed by atoms with Crippen LogP contribution in [0.4, 0.5) is 4.79 Å². The molecule has 1 fully saturated rings. The third kappa shape index (κ3) is 5.32. The van der Waals surface area contributed by atoms with E-state index in [-0.39, 0.29) is 17.0 Å². The molecule has 0 unspecified atom stereocenters. The van der Waals surface area contributed by atoms with Gasteiger partial charge in [-0.1, -0.05) is 19.9 Å². The van der Waals surface area contributed by atoms with Gasteiger partial charge in [0.2, 0.25) is 0 Å². The molecule has 0 bridgehead atoms. The number of carboxylic acid groups (broad SMARTS) is 1. The Morgan fingerprint density at radius 1 is 1.32 bits per heavy atom. The maximum absolute atomic E-state index is 11.6. The van der Waals surface area contributed by atoms with Crippen LogP contribution in [0, 0.1) is 11.3 Å². The first-order valence-electron chi connectivity index (χ1n) is 6.44. The van der Waals surface area contributed by atoms with E-state index in [1.165, 1.54) is 0 Å². The molecule has 0 aliphatic heterocycles. The lowest BCUT2D eigenvalue weighted by molar-refractivity contribution is -0.133. The minimum absolute atomic E-state index is 0.102. The first-order chi connectivity index (χ1) is 8.48. The predicted octanol–water partition coefficient (Wildman–Crippen LogP) is 2.92. The predicted molar refractivity (Wildman–Crippen MR) is 71.6 cm³/mol. The summed E-state index contributed by atoms with van der Waals surface area (Å²) < 4.78 is 5.04. The highest BCUT2D eigenvalue weighted by molar-refractivity contribution is 5.90. The van der Waals surface area contributed by atoms with Crippen LogP contribution >= 0.6 is 0 Å². The fourth-order valence-corrected chi connectivity index (χ4v) is 2.29. The van der Waals surface area contributed by atoms with E-state index in [0.717, 1.165) is 12.8 Å². The first kappa shape index (κ1) is 15.5. The Balaban J connectivity index is 2.62. The molecule has 0 aromatic carbocycles. The average molecular weight is 269 g/mol. The molecule has 0 saturated heterocycles. The van der Waals surface area contributed by atoms with Crippen LogP contribution in [0.2, 0.25) is 0 Å². The van der Waals surface area contributed by atoms with Gasteiger partial charge < -0.3 is 9.84 Å². The van der Waals surface area contributed by atoms with Crippen molar-refractivity contribution in [3.63, 3.8) is 0 Å². The van der Waals surface area contributed by atoms with Gasteiger partial charge in [-0.05, 0) is 44.9 Å². The summed E-state index contributed by atoms with van der Waals surface area (Å²) in [6, 6.07) is 0. The van der Waals surface area contributed by atoms with Crippen LogP contribution in [0.5, 0.6) is 0 Å². The number of hydrogen-bond donors (Lipinski definition) is 2. The summed E-state index contributed by atoms with van der Waals surface area (Å²) in [6.45, 7) is 9.46. The minimum atomic E-state index is -1.14. The molecule has 108 valence electrons. The Hall–Kier alpha value is -1.52. The lowest BCUT2D eigenvalue weighted by Crippen LogP contribution is -2.36. The minimum Gasteiger partial charge on any atom is -0.477 e. The zero-order valence-corrected chi connectivity index (χ0v) is 12.2. The van der Waals surface area contributed by atoms with Crippen LogP contribution in [0.15, 0.2) is 11.8 Å². The van der Waals surface area contributed by atoms with Gasteiger partial charge in [0.25, 0.3) is 0 Å². The second-order valence-corrected chi connectivity index (χ2v) is 6.84. The van der Waals surface area contributed by atoms with Gasteiger partial charge in [-0.2, -0.15) is 0 Å². The highest BCUT2D eigenvalue weighted by Gasteiger charge is 2.35. The lowest BCUT2D eigenvalue weighted by atomic mass is 9.64. The van der Waals surface area contributed by atoms with Crippen molar-refractivity contribution < 1.29 is 19.4 Å². The number of amides is 1. The molecule has 1 aliphatic rings. The molecule has 1 saturated carbocycles. The van der Waals surface area contributed by atoms with E-state index in [9.17, 15) is 9.59 Å². The summed E-state index contributed by atoms with van der Waals surface area (Å²) in [4.78, 5) is 22.7. The third-order valence-electron chi connectivity index (χ3n) is 2.90. The van der Waals surface area contributed by atoms with Gasteiger partial charge in [-0.3, -0.25) is 5.32 Å². The number of alkyl carbamates (subject to hydrolysis) is 1. The molecule has 1 aliphatic carbocycles. The number of aliphatic carboxylic acids is 1. The molecule has 0 aromatic rings. The third-order valence-corrected chi connectivity index (χ3v) is 2.90. The molecular weight excluding hydrogens is 246 g/mol. The highest BCUT2D eigenvalue weighted by Crippen LogP contribution is 2.45. The number of carboxylic acids is 1. The molecule has 2 N–H and O–H groups in total. The number of carbonyl (C=O) groups excluding carboxylic acids is 1. The SMILES string of the molecule is CC1(C)CC(/C=C(/NC(=O)OC(C)(C)C)C(=O)O)C1. The fraction of sp³-hybridized carbons (Fsp3) is 0.714. The highest BCUT2D eigenvalue weighted by atomic mass is 16.6. The van der Waals surface area contributed by atoms with E-state index in [4.69, 9.17) is 9.84 Å². The summed E-state index contributed by atoms with van der Waals surface area (Å²) in [5.74, 6) is -0.938. The van der Waals surface area contributed by atoms with Gasteiger partial charge in [0, 0.05) is 0 Å². The average Bonchev–Trinajstić information content (AvgIpc) is 2.10. The molecule has 0 radical (unpaired) electrons. The molecule has 1 rings (SSSR count). The number of rotatable bonds is 3. The summed E-state index contributed by atoms with van der Waals surface area (Å²) in [5.41, 5.74) is -0.488. The largest absolute Gasteiger partial charge is 0.477 e. The summed E-state index contributed by atoms with van der Waals surface area (Å²) in [6.07, 6.45) is 2.73. The zero-order chi connectivity index (χ0) is 14.8. The van der Waals surface area contributed by atoms with Crippen molar-refractivity contribution in [3.05, 3.63) is 11.8 Å². The van der Waals surface area contributed by atoms with Gasteiger partial charge in [0.1, 0.15) is 11.3 Å². The second kappa shape index (κ2) is 5.23. The van der Waals surface area contributed by atoms with E-state index in [2.05, 4.69) is 19.2 Å². The Labute approximate surface area is 114 Å². The normalized spacial score (nSPS) is 19.5. The number of ether oxygens (including phenoxy) is 1. The second-order valence-electron chi connectivity index (χ2n) is 6.84. The Morgan fingerprint density at radius 3 is 2.21 bits per heavy atom. The molecule has 19 heavy (non-hydrogen) atoms. The molecular formula is C14H23NO4. The van der Waals surface area contributed by atoms with Crippen molar-refractivity contribution in [3.8, 4) is 0 Å². The van der Waals surface area contributed by atoms with Gasteiger partial charge in [0.05, 0.1) is 0 Å². The van der Waals surface area contributed by atoms with E-state index in [0.29, 0.717) is 0 Å². The number of nitrogens with one attached hydrogen (secondary N) is 1. The zero-order valence-electron chi connectivity index (χ0n) is 12.2. The summed E-state index contributed by atoms with van der Waals surface area (Å²) in [7, 11) is 0. The Kier molecular flexibility index (Phi) is 4.28. The monoisotopic (exact) mass is 269 g/mol.